The lowest BCUT2D eigenvalue weighted by molar-refractivity contribution is -0.149. The highest BCUT2D eigenvalue weighted by Gasteiger charge is 2.38. The molecule has 0 spiro atoms. The van der Waals surface area contributed by atoms with Crippen LogP contribution in [0.25, 0.3) is 0 Å². The standard InChI is InChI=1S/C21H26ClNO5/c1-5-27-19(25)11-23-14(4)20(21(26)28-12-13(2)3)16(10-18(23)24)15-8-6-7-9-17(15)22/h6-9,13,16H,5,10-12H2,1-4H3. The van der Waals surface area contributed by atoms with Crippen LogP contribution in [-0.2, 0) is 23.9 Å². The van der Waals surface area contributed by atoms with Gasteiger partial charge in [-0.05, 0) is 31.4 Å². The number of hydrogen-bond donors (Lipinski definition) is 0. The summed E-state index contributed by atoms with van der Waals surface area (Å²) < 4.78 is 10.4. The monoisotopic (exact) mass is 407 g/mol. The predicted molar refractivity (Wildman–Crippen MR) is 106 cm³/mol. The molecule has 1 amide bonds. The molecule has 1 aliphatic heterocycles. The van der Waals surface area contributed by atoms with Crippen LogP contribution in [0.4, 0.5) is 0 Å². The van der Waals surface area contributed by atoms with Crippen molar-refractivity contribution >= 4 is 29.4 Å². The zero-order valence-corrected chi connectivity index (χ0v) is 17.4. The molecule has 2 rings (SSSR count). The van der Waals surface area contributed by atoms with Gasteiger partial charge in [0.25, 0.3) is 0 Å². The minimum absolute atomic E-state index is 0.0204. The van der Waals surface area contributed by atoms with Gasteiger partial charge in [0.1, 0.15) is 6.54 Å². The molecule has 0 aliphatic carbocycles. The first-order valence-electron chi connectivity index (χ1n) is 9.34. The van der Waals surface area contributed by atoms with Crippen LogP contribution >= 0.6 is 11.6 Å². The average molecular weight is 408 g/mol. The fourth-order valence-electron chi connectivity index (χ4n) is 3.15. The maximum absolute atomic E-state index is 12.9. The molecule has 0 saturated heterocycles. The van der Waals surface area contributed by atoms with E-state index < -0.39 is 17.9 Å². The van der Waals surface area contributed by atoms with Gasteiger partial charge in [0.15, 0.2) is 0 Å². The molecule has 1 unspecified atom stereocenters. The highest BCUT2D eigenvalue weighted by molar-refractivity contribution is 6.31. The summed E-state index contributed by atoms with van der Waals surface area (Å²) in [6.07, 6.45) is 0.0204. The number of halogens is 1. The van der Waals surface area contributed by atoms with E-state index in [0.29, 0.717) is 21.9 Å². The zero-order valence-electron chi connectivity index (χ0n) is 16.7. The molecule has 1 aromatic carbocycles. The molecule has 1 heterocycles. The second-order valence-corrected chi connectivity index (χ2v) is 7.46. The van der Waals surface area contributed by atoms with E-state index in [-0.39, 0.29) is 38.0 Å². The van der Waals surface area contributed by atoms with Crippen LogP contribution in [0.5, 0.6) is 0 Å². The molecule has 6 nitrogen and oxygen atoms in total. The first kappa shape index (κ1) is 22.0. The lowest BCUT2D eigenvalue weighted by Gasteiger charge is -2.34. The third-order valence-electron chi connectivity index (χ3n) is 4.46. The third kappa shape index (κ3) is 5.13. The normalized spacial score (nSPS) is 17.1. The van der Waals surface area contributed by atoms with Crippen LogP contribution < -0.4 is 0 Å². The van der Waals surface area contributed by atoms with Crippen LogP contribution in [0.15, 0.2) is 35.5 Å². The quantitative estimate of drug-likeness (QED) is 0.644. The summed E-state index contributed by atoms with van der Waals surface area (Å²) in [5.41, 5.74) is 1.42. The molecular weight excluding hydrogens is 382 g/mol. The summed E-state index contributed by atoms with van der Waals surface area (Å²) in [4.78, 5) is 38.9. The van der Waals surface area contributed by atoms with E-state index >= 15 is 0 Å². The van der Waals surface area contributed by atoms with Gasteiger partial charge in [-0.2, -0.15) is 0 Å². The summed E-state index contributed by atoms with van der Waals surface area (Å²) in [6, 6.07) is 7.11. The van der Waals surface area contributed by atoms with Gasteiger partial charge in [0.2, 0.25) is 5.91 Å². The number of rotatable bonds is 7. The number of hydrogen-bond acceptors (Lipinski definition) is 5. The van der Waals surface area contributed by atoms with Crippen LogP contribution in [0.1, 0.15) is 45.6 Å². The number of amides is 1. The van der Waals surface area contributed by atoms with E-state index in [9.17, 15) is 14.4 Å². The highest BCUT2D eigenvalue weighted by Crippen LogP contribution is 2.39. The van der Waals surface area contributed by atoms with Crippen molar-refractivity contribution in [3.8, 4) is 0 Å². The fourth-order valence-corrected chi connectivity index (χ4v) is 3.41. The van der Waals surface area contributed by atoms with Crippen molar-refractivity contribution in [3.05, 3.63) is 46.1 Å². The summed E-state index contributed by atoms with van der Waals surface area (Å²) in [5.74, 6) is -1.65. The van der Waals surface area contributed by atoms with E-state index in [2.05, 4.69) is 0 Å². The average Bonchev–Trinajstić information content (AvgIpc) is 2.63. The fraction of sp³-hybridized carbons (Fsp3) is 0.476. The maximum atomic E-state index is 12.9. The van der Waals surface area contributed by atoms with Gasteiger partial charge in [-0.1, -0.05) is 43.6 Å². The van der Waals surface area contributed by atoms with Crippen molar-refractivity contribution in [1.29, 1.82) is 0 Å². The van der Waals surface area contributed by atoms with Crippen molar-refractivity contribution in [2.75, 3.05) is 19.8 Å². The van der Waals surface area contributed by atoms with Crippen LogP contribution in [0.3, 0.4) is 0 Å². The van der Waals surface area contributed by atoms with Gasteiger partial charge in [0.05, 0.1) is 18.8 Å². The Morgan fingerprint density at radius 2 is 1.93 bits per heavy atom. The highest BCUT2D eigenvalue weighted by atomic mass is 35.5. The van der Waals surface area contributed by atoms with Gasteiger partial charge in [-0.15, -0.1) is 0 Å². The minimum Gasteiger partial charge on any atom is -0.465 e. The molecule has 0 saturated carbocycles. The Kier molecular flexibility index (Phi) is 7.63. The molecule has 0 aromatic heterocycles. The number of allylic oxidation sites excluding steroid dienone is 1. The van der Waals surface area contributed by atoms with Gasteiger partial charge < -0.3 is 14.4 Å². The molecule has 7 heteroatoms. The molecule has 0 N–H and O–H groups in total. The first-order valence-corrected chi connectivity index (χ1v) is 9.72. The summed E-state index contributed by atoms with van der Waals surface area (Å²) in [7, 11) is 0. The molecule has 0 fully saturated rings. The van der Waals surface area contributed by atoms with Crippen LogP contribution in [0, 0.1) is 5.92 Å². The molecular formula is C21H26ClNO5. The smallest absolute Gasteiger partial charge is 0.336 e. The molecule has 0 bridgehead atoms. The lowest BCUT2D eigenvalue weighted by Crippen LogP contribution is -2.41. The lowest BCUT2D eigenvalue weighted by atomic mass is 9.83. The summed E-state index contributed by atoms with van der Waals surface area (Å²) in [5, 5.41) is 0.473. The Balaban J connectivity index is 2.46. The largest absolute Gasteiger partial charge is 0.465 e. The van der Waals surface area contributed by atoms with Crippen molar-refractivity contribution in [2.24, 2.45) is 5.92 Å². The molecule has 1 atom stereocenters. The molecule has 152 valence electrons. The van der Waals surface area contributed by atoms with Gasteiger partial charge in [-0.25, -0.2) is 4.79 Å². The van der Waals surface area contributed by atoms with Crippen molar-refractivity contribution < 1.29 is 23.9 Å². The van der Waals surface area contributed by atoms with E-state index in [0.717, 1.165) is 0 Å². The second-order valence-electron chi connectivity index (χ2n) is 7.05. The van der Waals surface area contributed by atoms with E-state index in [1.165, 1.54) is 4.90 Å². The van der Waals surface area contributed by atoms with Crippen LogP contribution in [0.2, 0.25) is 5.02 Å². The van der Waals surface area contributed by atoms with Crippen molar-refractivity contribution in [3.63, 3.8) is 0 Å². The Morgan fingerprint density at radius 3 is 2.54 bits per heavy atom. The number of benzene rings is 1. The Morgan fingerprint density at radius 1 is 1.25 bits per heavy atom. The van der Waals surface area contributed by atoms with Gasteiger partial charge in [0, 0.05) is 23.1 Å². The van der Waals surface area contributed by atoms with Crippen LogP contribution in [-0.4, -0.2) is 42.5 Å². The number of ether oxygens (including phenoxy) is 2. The Labute approximate surface area is 170 Å². The second kappa shape index (κ2) is 9.73. The molecule has 1 aromatic rings. The Hall–Kier alpha value is -2.34. The number of carbonyl (C=O) groups excluding carboxylic acids is 3. The van der Waals surface area contributed by atoms with E-state index in [4.69, 9.17) is 21.1 Å². The van der Waals surface area contributed by atoms with Gasteiger partial charge in [-0.3, -0.25) is 9.59 Å². The molecule has 1 aliphatic rings. The van der Waals surface area contributed by atoms with Gasteiger partial charge >= 0.3 is 11.9 Å². The minimum atomic E-state index is -0.528. The Bertz CT molecular complexity index is 787. The predicted octanol–water partition coefficient (Wildman–Crippen LogP) is 3.69. The number of carbonyl (C=O) groups is 3. The summed E-state index contributed by atoms with van der Waals surface area (Å²) >= 11 is 6.34. The SMILES string of the molecule is CCOC(=O)CN1C(=O)CC(c2ccccc2Cl)C(C(=O)OCC(C)C)=C1C. The molecule has 28 heavy (non-hydrogen) atoms. The number of nitrogens with zero attached hydrogens (tertiary/aromatic N) is 1. The van der Waals surface area contributed by atoms with E-state index in [1.54, 1.807) is 32.0 Å². The number of esters is 2. The first-order chi connectivity index (χ1) is 13.3. The van der Waals surface area contributed by atoms with Crippen molar-refractivity contribution in [2.45, 2.75) is 40.0 Å². The zero-order chi connectivity index (χ0) is 20.8. The van der Waals surface area contributed by atoms with E-state index in [1.807, 2.05) is 19.9 Å². The topological polar surface area (TPSA) is 72.9 Å². The van der Waals surface area contributed by atoms with Crippen molar-refractivity contribution in [1.82, 2.24) is 4.90 Å². The maximum Gasteiger partial charge on any atom is 0.336 e. The summed E-state index contributed by atoms with van der Waals surface area (Å²) in [6.45, 7) is 7.46. The molecule has 0 radical (unpaired) electrons. The third-order valence-corrected chi connectivity index (χ3v) is 4.81.